The molecule has 0 saturated carbocycles. The number of hydrogen-bond acceptors (Lipinski definition) is 8. The molecule has 0 bridgehead atoms. The number of amides is 1. The second-order valence-corrected chi connectivity index (χ2v) is 12.3. The second-order valence-electron chi connectivity index (χ2n) is 10.0. The maximum absolute atomic E-state index is 12.9. The van der Waals surface area contributed by atoms with E-state index in [1.807, 2.05) is 34.2 Å². The average Bonchev–Trinajstić information content (AvgIpc) is 3.54. The summed E-state index contributed by atoms with van der Waals surface area (Å²) >= 11 is 8.50. The third-order valence-electron chi connectivity index (χ3n) is 6.11. The van der Waals surface area contributed by atoms with Crippen molar-refractivity contribution in [2.75, 3.05) is 18.2 Å². The lowest BCUT2D eigenvalue weighted by atomic mass is 9.87. The molecule has 0 saturated heterocycles. The zero-order chi connectivity index (χ0) is 29.6. The Morgan fingerprint density at radius 3 is 2.46 bits per heavy atom. The fraction of sp³-hybridized carbons (Fsp3) is 0.267. The number of thiophene rings is 1. The maximum atomic E-state index is 12.9. The van der Waals surface area contributed by atoms with E-state index in [1.54, 1.807) is 18.2 Å². The molecule has 0 aliphatic rings. The minimum atomic E-state index is -0.539. The number of nitrogens with one attached hydrogen (secondary N) is 1. The Kier molecular flexibility index (Phi) is 9.90. The van der Waals surface area contributed by atoms with Gasteiger partial charge in [-0.15, -0.1) is 28.1 Å². The fourth-order valence-electron chi connectivity index (χ4n) is 3.93. The number of nitrogens with zero attached hydrogens (tertiary/aromatic N) is 3. The molecule has 2 heterocycles. The number of halogens is 1. The first-order chi connectivity index (χ1) is 19.6. The van der Waals surface area contributed by atoms with Crippen molar-refractivity contribution in [2.24, 2.45) is 0 Å². The van der Waals surface area contributed by atoms with Crippen LogP contribution in [0.1, 0.15) is 42.5 Å². The van der Waals surface area contributed by atoms with Crippen LogP contribution in [-0.2, 0) is 28.1 Å². The van der Waals surface area contributed by atoms with E-state index < -0.39 is 5.97 Å². The summed E-state index contributed by atoms with van der Waals surface area (Å²) in [7, 11) is 1.31. The van der Waals surface area contributed by atoms with Crippen molar-refractivity contribution in [2.45, 2.75) is 44.5 Å². The summed E-state index contributed by atoms with van der Waals surface area (Å²) in [6, 6.07) is 15.1. The van der Waals surface area contributed by atoms with Crippen LogP contribution in [-0.4, -0.2) is 39.5 Å². The minimum Gasteiger partial charge on any atom is -0.486 e. The van der Waals surface area contributed by atoms with Gasteiger partial charge >= 0.3 is 5.97 Å². The van der Waals surface area contributed by atoms with Gasteiger partial charge in [0, 0.05) is 22.5 Å². The number of aromatic nitrogens is 3. The highest BCUT2D eigenvalue weighted by Crippen LogP contribution is 2.37. The van der Waals surface area contributed by atoms with Crippen LogP contribution in [0.25, 0.3) is 11.1 Å². The lowest BCUT2D eigenvalue weighted by molar-refractivity contribution is -0.113. The summed E-state index contributed by atoms with van der Waals surface area (Å²) in [4.78, 5) is 25.5. The van der Waals surface area contributed by atoms with E-state index in [0.717, 1.165) is 11.3 Å². The van der Waals surface area contributed by atoms with Gasteiger partial charge in [-0.25, -0.2) is 4.79 Å². The molecule has 2 aromatic carbocycles. The van der Waals surface area contributed by atoms with Crippen molar-refractivity contribution in [3.8, 4) is 16.9 Å². The van der Waals surface area contributed by atoms with E-state index in [0.29, 0.717) is 38.7 Å². The summed E-state index contributed by atoms with van der Waals surface area (Å²) in [6.45, 7) is 11.0. The summed E-state index contributed by atoms with van der Waals surface area (Å²) < 4.78 is 12.8. The number of benzene rings is 2. The predicted octanol–water partition coefficient (Wildman–Crippen LogP) is 7.24. The molecular formula is C30H31ClN4O4S2. The highest BCUT2D eigenvalue weighted by Gasteiger charge is 2.23. The van der Waals surface area contributed by atoms with Crippen LogP contribution in [0.15, 0.2) is 71.7 Å². The van der Waals surface area contributed by atoms with Crippen LogP contribution in [0.5, 0.6) is 5.75 Å². The number of esters is 1. The van der Waals surface area contributed by atoms with Crippen LogP contribution >= 0.6 is 34.7 Å². The third-order valence-corrected chi connectivity index (χ3v) is 8.23. The van der Waals surface area contributed by atoms with Crippen molar-refractivity contribution < 1.29 is 19.1 Å². The van der Waals surface area contributed by atoms with Crippen molar-refractivity contribution in [1.82, 2.24) is 14.8 Å². The Bertz CT molecular complexity index is 1520. The first-order valence-electron chi connectivity index (χ1n) is 12.8. The molecule has 8 nitrogen and oxygen atoms in total. The summed E-state index contributed by atoms with van der Waals surface area (Å²) in [5.41, 5.74) is 3.02. The molecule has 214 valence electrons. The molecule has 0 fully saturated rings. The van der Waals surface area contributed by atoms with Gasteiger partial charge < -0.3 is 14.8 Å². The van der Waals surface area contributed by atoms with Crippen molar-refractivity contribution >= 4 is 51.6 Å². The van der Waals surface area contributed by atoms with E-state index in [2.05, 4.69) is 55.0 Å². The SMILES string of the molecule is C=CCn1c(COc2ccc(C(C)(C)C)cc2)nnc1SCC(=O)Nc1scc(-c2ccc(Cl)cc2)c1C(=O)OC. The quantitative estimate of drug-likeness (QED) is 0.109. The molecule has 2 aromatic heterocycles. The number of methoxy groups -OCH3 is 1. The predicted molar refractivity (Wildman–Crippen MR) is 165 cm³/mol. The first-order valence-corrected chi connectivity index (χ1v) is 15.0. The molecule has 0 atom stereocenters. The van der Waals surface area contributed by atoms with Crippen LogP contribution in [0, 0.1) is 0 Å². The van der Waals surface area contributed by atoms with Crippen molar-refractivity contribution in [1.29, 1.82) is 0 Å². The zero-order valence-corrected chi connectivity index (χ0v) is 25.7. The number of anilines is 1. The molecule has 1 amide bonds. The zero-order valence-electron chi connectivity index (χ0n) is 23.3. The van der Waals surface area contributed by atoms with E-state index in [9.17, 15) is 9.59 Å². The average molecular weight is 611 g/mol. The summed E-state index contributed by atoms with van der Waals surface area (Å²) in [5, 5.41) is 14.8. The monoisotopic (exact) mass is 610 g/mol. The summed E-state index contributed by atoms with van der Waals surface area (Å²) in [5.74, 6) is 0.567. The fourth-order valence-corrected chi connectivity index (χ4v) is 5.80. The number of carbonyl (C=O) groups excluding carboxylic acids is 2. The lowest BCUT2D eigenvalue weighted by Gasteiger charge is -2.19. The highest BCUT2D eigenvalue weighted by atomic mass is 35.5. The number of allylic oxidation sites excluding steroid dienone is 1. The van der Waals surface area contributed by atoms with E-state index >= 15 is 0 Å². The number of ether oxygens (including phenoxy) is 2. The van der Waals surface area contributed by atoms with E-state index in [4.69, 9.17) is 21.1 Å². The Hall–Kier alpha value is -3.60. The Morgan fingerprint density at radius 2 is 1.83 bits per heavy atom. The van der Waals surface area contributed by atoms with Gasteiger partial charge in [0.1, 0.15) is 22.9 Å². The molecule has 4 rings (SSSR count). The van der Waals surface area contributed by atoms with Gasteiger partial charge in [-0.05, 0) is 40.8 Å². The normalized spacial score (nSPS) is 11.2. The number of thioether (sulfide) groups is 1. The largest absolute Gasteiger partial charge is 0.486 e. The standard InChI is InChI=1S/C30H31ClN4O4S2/c1-6-15-35-24(16-39-22-13-9-20(10-14-22)30(2,3)4)33-34-29(35)41-18-25(36)32-27-26(28(37)38-5)23(17-40-27)19-7-11-21(31)12-8-19/h6-14,17H,1,15-16,18H2,2-5H3,(H,32,36). The molecule has 0 unspecified atom stereocenters. The van der Waals surface area contributed by atoms with Gasteiger partial charge in [0.15, 0.2) is 11.0 Å². The summed E-state index contributed by atoms with van der Waals surface area (Å²) in [6.07, 6.45) is 1.74. The van der Waals surface area contributed by atoms with Gasteiger partial charge in [-0.3, -0.25) is 9.36 Å². The molecule has 11 heteroatoms. The minimum absolute atomic E-state index is 0.0548. The molecule has 1 N–H and O–H groups in total. The van der Waals surface area contributed by atoms with Gasteiger partial charge in [-0.1, -0.05) is 74.5 Å². The Balaban J connectivity index is 1.42. The first kappa shape index (κ1) is 30.4. The van der Waals surface area contributed by atoms with Gasteiger partial charge in [0.2, 0.25) is 5.91 Å². The second kappa shape index (κ2) is 13.4. The van der Waals surface area contributed by atoms with Gasteiger partial charge in [0.05, 0.1) is 12.9 Å². The van der Waals surface area contributed by atoms with Crippen LogP contribution in [0.3, 0.4) is 0 Å². The maximum Gasteiger partial charge on any atom is 0.341 e. The number of carbonyl (C=O) groups is 2. The number of hydrogen-bond donors (Lipinski definition) is 1. The van der Waals surface area contributed by atoms with Gasteiger partial charge in [-0.2, -0.15) is 0 Å². The molecular weight excluding hydrogens is 580 g/mol. The van der Waals surface area contributed by atoms with Crippen LogP contribution in [0.2, 0.25) is 5.02 Å². The molecule has 0 aliphatic heterocycles. The van der Waals surface area contributed by atoms with Gasteiger partial charge in [0.25, 0.3) is 0 Å². The molecule has 0 radical (unpaired) electrons. The van der Waals surface area contributed by atoms with E-state index in [1.165, 1.54) is 35.8 Å². The highest BCUT2D eigenvalue weighted by molar-refractivity contribution is 7.99. The lowest BCUT2D eigenvalue weighted by Crippen LogP contribution is -2.16. The molecule has 4 aromatic rings. The number of rotatable bonds is 11. The smallest absolute Gasteiger partial charge is 0.341 e. The molecule has 41 heavy (non-hydrogen) atoms. The molecule has 0 aliphatic carbocycles. The Labute approximate surface area is 252 Å². The van der Waals surface area contributed by atoms with Crippen molar-refractivity contribution in [3.63, 3.8) is 0 Å². The third kappa shape index (κ3) is 7.58. The Morgan fingerprint density at radius 1 is 1.12 bits per heavy atom. The van der Waals surface area contributed by atoms with Crippen LogP contribution < -0.4 is 10.1 Å². The topological polar surface area (TPSA) is 95.3 Å². The molecule has 0 spiro atoms. The van der Waals surface area contributed by atoms with E-state index in [-0.39, 0.29) is 23.7 Å². The van der Waals surface area contributed by atoms with Crippen LogP contribution in [0.4, 0.5) is 5.00 Å². The van der Waals surface area contributed by atoms with Crippen molar-refractivity contribution in [3.05, 3.63) is 88.5 Å².